The van der Waals surface area contributed by atoms with Crippen LogP contribution in [0.1, 0.15) is 24.5 Å². The van der Waals surface area contributed by atoms with Crippen molar-refractivity contribution in [1.29, 1.82) is 0 Å². The Hall–Kier alpha value is -1.53. The van der Waals surface area contributed by atoms with E-state index in [0.29, 0.717) is 25.9 Å². The summed E-state index contributed by atoms with van der Waals surface area (Å²) in [6.45, 7) is 1.45. The number of halogens is 2. The second-order valence-electron chi connectivity index (χ2n) is 5.28. The molecule has 1 aliphatic rings. The van der Waals surface area contributed by atoms with Crippen LogP contribution in [0.25, 0.3) is 0 Å². The number of hydrogen-bond acceptors (Lipinski definition) is 4. The molecule has 1 heterocycles. The number of methoxy groups -OCH3 is 1. The number of aliphatic hydroxyl groups excluding tert-OH is 1. The number of benzene rings is 1. The average molecular weight is 299 g/mol. The van der Waals surface area contributed by atoms with Gasteiger partial charge < -0.3 is 14.7 Å². The van der Waals surface area contributed by atoms with E-state index in [1.54, 1.807) is 0 Å². The van der Waals surface area contributed by atoms with Gasteiger partial charge in [-0.1, -0.05) is 0 Å². The number of aliphatic hydroxyl groups is 1. The quantitative estimate of drug-likeness (QED) is 0.863. The van der Waals surface area contributed by atoms with Crippen LogP contribution in [0.2, 0.25) is 0 Å². The molecule has 1 N–H and O–H groups in total. The SMILES string of the molecule is COC(=O)C1CCN(CC(O)c2cc(F)ccc2F)CC1. The standard InChI is InChI=1S/C15H19F2NO3/c1-21-15(20)10-4-6-18(7-5-10)9-14(19)12-8-11(16)2-3-13(12)17/h2-3,8,10,14,19H,4-7,9H2,1H3. The van der Waals surface area contributed by atoms with Crippen LogP contribution in [-0.4, -0.2) is 42.7 Å². The van der Waals surface area contributed by atoms with Gasteiger partial charge >= 0.3 is 5.97 Å². The van der Waals surface area contributed by atoms with E-state index in [1.165, 1.54) is 7.11 Å². The molecule has 0 radical (unpaired) electrons. The number of carbonyl (C=O) groups excluding carboxylic acids is 1. The highest BCUT2D eigenvalue weighted by Gasteiger charge is 2.27. The van der Waals surface area contributed by atoms with E-state index in [1.807, 2.05) is 4.90 Å². The molecule has 0 aromatic heterocycles. The van der Waals surface area contributed by atoms with Crippen LogP contribution in [0.5, 0.6) is 0 Å². The molecule has 1 atom stereocenters. The van der Waals surface area contributed by atoms with Crippen molar-refractivity contribution in [2.75, 3.05) is 26.7 Å². The predicted octanol–water partition coefficient (Wildman–Crippen LogP) is 1.88. The smallest absolute Gasteiger partial charge is 0.308 e. The normalized spacial score (nSPS) is 18.5. The highest BCUT2D eigenvalue weighted by atomic mass is 19.1. The first-order chi connectivity index (χ1) is 10.0. The monoisotopic (exact) mass is 299 g/mol. The van der Waals surface area contributed by atoms with Crippen molar-refractivity contribution in [3.63, 3.8) is 0 Å². The minimum atomic E-state index is -1.09. The van der Waals surface area contributed by atoms with E-state index < -0.39 is 17.7 Å². The summed E-state index contributed by atoms with van der Waals surface area (Å²) in [6, 6.07) is 3.05. The van der Waals surface area contributed by atoms with Crippen LogP contribution in [0, 0.1) is 17.6 Å². The van der Waals surface area contributed by atoms with Crippen molar-refractivity contribution in [3.05, 3.63) is 35.4 Å². The maximum Gasteiger partial charge on any atom is 0.308 e. The molecule has 21 heavy (non-hydrogen) atoms. The second kappa shape index (κ2) is 6.95. The molecule has 0 bridgehead atoms. The molecule has 0 saturated carbocycles. The van der Waals surface area contributed by atoms with Crippen LogP contribution in [0.4, 0.5) is 8.78 Å². The number of esters is 1. The van der Waals surface area contributed by atoms with Gasteiger partial charge in [0.2, 0.25) is 0 Å². The summed E-state index contributed by atoms with van der Waals surface area (Å²) in [6.07, 6.45) is 0.200. The molecular weight excluding hydrogens is 280 g/mol. The largest absolute Gasteiger partial charge is 0.469 e. The number of rotatable bonds is 4. The second-order valence-corrected chi connectivity index (χ2v) is 5.28. The summed E-state index contributed by atoms with van der Waals surface area (Å²) in [5.41, 5.74) is -0.0370. The van der Waals surface area contributed by atoms with E-state index in [0.717, 1.165) is 18.2 Å². The summed E-state index contributed by atoms with van der Waals surface area (Å²) >= 11 is 0. The van der Waals surface area contributed by atoms with Crippen LogP contribution in [-0.2, 0) is 9.53 Å². The Morgan fingerprint density at radius 1 is 1.43 bits per heavy atom. The van der Waals surface area contributed by atoms with Crippen LogP contribution in [0.3, 0.4) is 0 Å². The van der Waals surface area contributed by atoms with Crippen LogP contribution >= 0.6 is 0 Å². The van der Waals surface area contributed by atoms with Gasteiger partial charge in [-0.2, -0.15) is 0 Å². The average Bonchev–Trinajstić information content (AvgIpc) is 2.49. The number of nitrogens with zero attached hydrogens (tertiary/aromatic N) is 1. The van der Waals surface area contributed by atoms with Gasteiger partial charge in [-0.3, -0.25) is 4.79 Å². The van der Waals surface area contributed by atoms with Crippen LogP contribution < -0.4 is 0 Å². The molecule has 0 aliphatic carbocycles. The molecule has 0 amide bonds. The summed E-state index contributed by atoms with van der Waals surface area (Å²) in [7, 11) is 1.37. The Balaban J connectivity index is 1.91. The summed E-state index contributed by atoms with van der Waals surface area (Å²) in [5.74, 6) is -1.52. The van der Waals surface area contributed by atoms with Crippen molar-refractivity contribution in [1.82, 2.24) is 4.90 Å². The third-order valence-corrected chi connectivity index (χ3v) is 3.87. The highest BCUT2D eigenvalue weighted by molar-refractivity contribution is 5.72. The van der Waals surface area contributed by atoms with Gasteiger partial charge in [-0.15, -0.1) is 0 Å². The molecule has 116 valence electrons. The van der Waals surface area contributed by atoms with Crippen molar-refractivity contribution in [3.8, 4) is 0 Å². The molecule has 1 saturated heterocycles. The number of piperidine rings is 1. The van der Waals surface area contributed by atoms with Gasteiger partial charge in [0.05, 0.1) is 19.1 Å². The van der Waals surface area contributed by atoms with Gasteiger partial charge in [0.15, 0.2) is 0 Å². The van der Waals surface area contributed by atoms with Gasteiger partial charge in [0.25, 0.3) is 0 Å². The lowest BCUT2D eigenvalue weighted by molar-refractivity contribution is -0.147. The molecule has 2 rings (SSSR count). The minimum absolute atomic E-state index is 0.0370. The fraction of sp³-hybridized carbons (Fsp3) is 0.533. The number of β-amino-alcohol motifs (C(OH)–C–C–N with tert-alkyl or cyclic N) is 1. The zero-order valence-corrected chi connectivity index (χ0v) is 11.9. The fourth-order valence-electron chi connectivity index (χ4n) is 2.63. The Labute approximate surface area is 122 Å². The lowest BCUT2D eigenvalue weighted by atomic mass is 9.96. The van der Waals surface area contributed by atoms with Crippen molar-refractivity contribution < 1.29 is 23.4 Å². The summed E-state index contributed by atoms with van der Waals surface area (Å²) in [4.78, 5) is 13.4. The fourth-order valence-corrected chi connectivity index (χ4v) is 2.63. The van der Waals surface area contributed by atoms with Gasteiger partial charge in [-0.25, -0.2) is 8.78 Å². The number of carbonyl (C=O) groups is 1. The maximum absolute atomic E-state index is 13.6. The van der Waals surface area contributed by atoms with E-state index >= 15 is 0 Å². The highest BCUT2D eigenvalue weighted by Crippen LogP contribution is 2.23. The van der Waals surface area contributed by atoms with Crippen molar-refractivity contribution in [2.45, 2.75) is 18.9 Å². The molecule has 1 unspecified atom stereocenters. The lowest BCUT2D eigenvalue weighted by Gasteiger charge is -2.32. The van der Waals surface area contributed by atoms with Gasteiger partial charge in [0, 0.05) is 12.1 Å². The van der Waals surface area contributed by atoms with E-state index in [4.69, 9.17) is 4.74 Å². The first-order valence-electron chi connectivity index (χ1n) is 6.94. The Bertz CT molecular complexity index is 502. The zero-order valence-electron chi connectivity index (χ0n) is 11.9. The molecule has 1 aliphatic heterocycles. The Morgan fingerprint density at radius 2 is 2.10 bits per heavy atom. The van der Waals surface area contributed by atoms with Crippen LogP contribution in [0.15, 0.2) is 18.2 Å². The predicted molar refractivity (Wildman–Crippen MR) is 72.5 cm³/mol. The number of hydrogen-bond donors (Lipinski definition) is 1. The molecular formula is C15H19F2NO3. The molecule has 0 spiro atoms. The number of ether oxygens (including phenoxy) is 1. The summed E-state index contributed by atoms with van der Waals surface area (Å²) < 4.78 is 31.4. The first kappa shape index (κ1) is 15.9. The van der Waals surface area contributed by atoms with Crippen molar-refractivity contribution in [2.24, 2.45) is 5.92 Å². The van der Waals surface area contributed by atoms with Crippen molar-refractivity contribution >= 4 is 5.97 Å². The maximum atomic E-state index is 13.6. The minimum Gasteiger partial charge on any atom is -0.469 e. The summed E-state index contributed by atoms with van der Waals surface area (Å²) in [5, 5.41) is 10.1. The number of likely N-dealkylation sites (tertiary alicyclic amines) is 1. The molecule has 1 aromatic carbocycles. The lowest BCUT2D eigenvalue weighted by Crippen LogP contribution is -2.39. The third kappa shape index (κ3) is 3.98. The zero-order chi connectivity index (χ0) is 15.4. The van der Waals surface area contributed by atoms with E-state index in [-0.39, 0.29) is 24.0 Å². The third-order valence-electron chi connectivity index (χ3n) is 3.87. The molecule has 1 aromatic rings. The Morgan fingerprint density at radius 3 is 2.71 bits per heavy atom. The molecule has 6 heteroatoms. The van der Waals surface area contributed by atoms with E-state index in [2.05, 4.69) is 0 Å². The van der Waals surface area contributed by atoms with E-state index in [9.17, 15) is 18.7 Å². The first-order valence-corrected chi connectivity index (χ1v) is 6.94. The topological polar surface area (TPSA) is 49.8 Å². The molecule has 1 fully saturated rings. The van der Waals surface area contributed by atoms with Gasteiger partial charge in [0.1, 0.15) is 11.6 Å². The molecule has 4 nitrogen and oxygen atoms in total. The Kier molecular flexibility index (Phi) is 5.25. The van der Waals surface area contributed by atoms with Gasteiger partial charge in [-0.05, 0) is 44.1 Å².